The van der Waals surface area contributed by atoms with Crippen LogP contribution < -0.4 is 0 Å². The molecule has 0 spiro atoms. The molecule has 0 aliphatic heterocycles. The van der Waals surface area contributed by atoms with Crippen LogP contribution in [0.15, 0.2) is 48.5 Å². The van der Waals surface area contributed by atoms with E-state index in [0.29, 0.717) is 29.0 Å². The van der Waals surface area contributed by atoms with Crippen molar-refractivity contribution in [3.05, 3.63) is 70.5 Å². The summed E-state index contributed by atoms with van der Waals surface area (Å²) in [5, 5.41) is 0.590. The molecule has 2 aromatic carbocycles. The molecule has 1 fully saturated rings. The Labute approximate surface area is 116 Å². The van der Waals surface area contributed by atoms with Gasteiger partial charge in [0.1, 0.15) is 5.82 Å². The molecule has 0 aromatic heterocycles. The van der Waals surface area contributed by atoms with Crippen molar-refractivity contribution in [1.29, 1.82) is 0 Å². The van der Waals surface area contributed by atoms with E-state index in [1.54, 1.807) is 42.5 Å². The van der Waals surface area contributed by atoms with Crippen LogP contribution in [0.3, 0.4) is 0 Å². The molecule has 0 atom stereocenters. The molecular weight excluding hydrogens is 263 g/mol. The van der Waals surface area contributed by atoms with Gasteiger partial charge in [-0.3, -0.25) is 4.79 Å². The van der Waals surface area contributed by atoms with Crippen molar-refractivity contribution in [2.45, 2.75) is 18.3 Å². The second-order valence-electron chi connectivity index (χ2n) is 4.90. The number of carbonyl (C=O) groups excluding carboxylic acids is 1. The molecule has 2 aromatic rings. The van der Waals surface area contributed by atoms with E-state index in [4.69, 9.17) is 11.6 Å². The first kappa shape index (κ1) is 12.4. The fraction of sp³-hybridized carbons (Fsp3) is 0.188. The quantitative estimate of drug-likeness (QED) is 0.759. The molecule has 3 rings (SSSR count). The second-order valence-corrected chi connectivity index (χ2v) is 5.33. The number of ketones is 1. The van der Waals surface area contributed by atoms with E-state index in [9.17, 15) is 9.18 Å². The van der Waals surface area contributed by atoms with Crippen LogP contribution in [0.2, 0.25) is 5.02 Å². The normalized spacial score (nSPS) is 16.1. The average Bonchev–Trinajstić information content (AvgIpc) is 3.21. The van der Waals surface area contributed by atoms with E-state index in [1.807, 2.05) is 0 Å². The standard InChI is InChI=1S/C16H12ClFO/c17-12-7-5-11(6-8-12)15(19)16(9-10-16)13-3-1-2-4-14(13)18/h1-8H,9-10H2. The molecule has 1 aliphatic carbocycles. The van der Waals surface area contributed by atoms with Gasteiger partial charge < -0.3 is 0 Å². The summed E-state index contributed by atoms with van der Waals surface area (Å²) in [6, 6.07) is 13.3. The smallest absolute Gasteiger partial charge is 0.173 e. The van der Waals surface area contributed by atoms with Gasteiger partial charge >= 0.3 is 0 Å². The third-order valence-electron chi connectivity index (χ3n) is 3.68. The van der Waals surface area contributed by atoms with Gasteiger partial charge in [0, 0.05) is 16.1 Å². The lowest BCUT2D eigenvalue weighted by atomic mass is 9.87. The van der Waals surface area contributed by atoms with Gasteiger partial charge in [-0.1, -0.05) is 29.8 Å². The van der Waals surface area contributed by atoms with E-state index in [0.717, 1.165) is 0 Å². The third-order valence-corrected chi connectivity index (χ3v) is 3.93. The van der Waals surface area contributed by atoms with Crippen LogP contribution in [0.5, 0.6) is 0 Å². The molecule has 1 saturated carbocycles. The molecule has 0 radical (unpaired) electrons. The molecule has 0 bridgehead atoms. The molecule has 0 saturated heterocycles. The highest BCUT2D eigenvalue weighted by atomic mass is 35.5. The van der Waals surface area contributed by atoms with Crippen LogP contribution in [-0.4, -0.2) is 5.78 Å². The van der Waals surface area contributed by atoms with Crippen LogP contribution >= 0.6 is 11.6 Å². The number of benzene rings is 2. The summed E-state index contributed by atoms with van der Waals surface area (Å²) in [5.41, 5.74) is 0.430. The molecule has 1 aliphatic rings. The van der Waals surface area contributed by atoms with Gasteiger partial charge in [-0.2, -0.15) is 0 Å². The van der Waals surface area contributed by atoms with E-state index in [2.05, 4.69) is 0 Å². The van der Waals surface area contributed by atoms with Crippen molar-refractivity contribution in [2.24, 2.45) is 0 Å². The first-order chi connectivity index (χ1) is 9.13. The van der Waals surface area contributed by atoms with Crippen molar-refractivity contribution in [1.82, 2.24) is 0 Å². The fourth-order valence-electron chi connectivity index (χ4n) is 2.47. The number of halogens is 2. The van der Waals surface area contributed by atoms with E-state index < -0.39 is 5.41 Å². The molecular formula is C16H12ClFO. The Balaban J connectivity index is 2.00. The Kier molecular flexibility index (Phi) is 2.90. The lowest BCUT2D eigenvalue weighted by molar-refractivity contribution is 0.0944. The maximum atomic E-state index is 13.9. The largest absolute Gasteiger partial charge is 0.293 e. The minimum Gasteiger partial charge on any atom is -0.293 e. The minimum absolute atomic E-state index is 0.0192. The Morgan fingerprint density at radius 3 is 2.26 bits per heavy atom. The van der Waals surface area contributed by atoms with E-state index in [-0.39, 0.29) is 11.6 Å². The minimum atomic E-state index is -0.667. The monoisotopic (exact) mass is 274 g/mol. The van der Waals surface area contributed by atoms with Crippen LogP contribution in [0, 0.1) is 5.82 Å². The number of rotatable bonds is 3. The van der Waals surface area contributed by atoms with Gasteiger partial charge in [0.05, 0.1) is 5.41 Å². The topological polar surface area (TPSA) is 17.1 Å². The molecule has 0 amide bonds. The summed E-state index contributed by atoms with van der Waals surface area (Å²) < 4.78 is 13.9. The van der Waals surface area contributed by atoms with Crippen molar-refractivity contribution < 1.29 is 9.18 Å². The predicted molar refractivity (Wildman–Crippen MR) is 73.1 cm³/mol. The van der Waals surface area contributed by atoms with Gasteiger partial charge in [0.15, 0.2) is 5.78 Å². The van der Waals surface area contributed by atoms with E-state index >= 15 is 0 Å². The molecule has 3 heteroatoms. The van der Waals surface area contributed by atoms with Crippen LogP contribution in [-0.2, 0) is 5.41 Å². The Hall–Kier alpha value is -1.67. The summed E-state index contributed by atoms with van der Waals surface area (Å²) in [5.74, 6) is -0.323. The van der Waals surface area contributed by atoms with Gasteiger partial charge in [-0.05, 0) is 43.2 Å². The van der Waals surface area contributed by atoms with Crippen LogP contribution in [0.4, 0.5) is 4.39 Å². The maximum Gasteiger partial charge on any atom is 0.173 e. The van der Waals surface area contributed by atoms with Gasteiger partial charge in [-0.15, -0.1) is 0 Å². The summed E-state index contributed by atoms with van der Waals surface area (Å²) in [4.78, 5) is 12.6. The number of Topliss-reactive ketones (excluding diaryl/α,β-unsaturated/α-hetero) is 1. The van der Waals surface area contributed by atoms with Crippen LogP contribution in [0.1, 0.15) is 28.8 Å². The molecule has 0 N–H and O–H groups in total. The first-order valence-electron chi connectivity index (χ1n) is 6.19. The Morgan fingerprint density at radius 2 is 1.68 bits per heavy atom. The molecule has 0 heterocycles. The first-order valence-corrected chi connectivity index (χ1v) is 6.57. The zero-order valence-electron chi connectivity index (χ0n) is 10.2. The molecule has 96 valence electrons. The highest BCUT2D eigenvalue weighted by Crippen LogP contribution is 2.51. The van der Waals surface area contributed by atoms with Crippen molar-refractivity contribution in [3.8, 4) is 0 Å². The van der Waals surface area contributed by atoms with Crippen molar-refractivity contribution in [2.75, 3.05) is 0 Å². The molecule has 0 unspecified atom stereocenters. The van der Waals surface area contributed by atoms with Crippen molar-refractivity contribution >= 4 is 17.4 Å². The lowest BCUT2D eigenvalue weighted by Gasteiger charge is -2.15. The molecule has 19 heavy (non-hydrogen) atoms. The van der Waals surface area contributed by atoms with Crippen LogP contribution in [0.25, 0.3) is 0 Å². The fourth-order valence-corrected chi connectivity index (χ4v) is 2.60. The van der Waals surface area contributed by atoms with Gasteiger partial charge in [0.25, 0.3) is 0 Å². The predicted octanol–water partition coefficient (Wildman–Crippen LogP) is 4.39. The Bertz CT molecular complexity index is 629. The molecule has 1 nitrogen and oxygen atoms in total. The number of hydrogen-bond acceptors (Lipinski definition) is 1. The second kappa shape index (κ2) is 4.46. The highest BCUT2D eigenvalue weighted by Gasteiger charge is 2.52. The summed E-state index contributed by atoms with van der Waals surface area (Å²) in [6.07, 6.45) is 1.41. The summed E-state index contributed by atoms with van der Waals surface area (Å²) in [7, 11) is 0. The Morgan fingerprint density at radius 1 is 1.05 bits per heavy atom. The maximum absolute atomic E-state index is 13.9. The number of carbonyl (C=O) groups is 1. The SMILES string of the molecule is O=C(c1ccc(Cl)cc1)C1(c2ccccc2F)CC1. The lowest BCUT2D eigenvalue weighted by Crippen LogP contribution is -2.21. The summed E-state index contributed by atoms with van der Waals surface area (Å²) >= 11 is 5.82. The highest BCUT2D eigenvalue weighted by molar-refractivity contribution is 6.30. The van der Waals surface area contributed by atoms with Gasteiger partial charge in [-0.25, -0.2) is 4.39 Å². The van der Waals surface area contributed by atoms with Crippen molar-refractivity contribution in [3.63, 3.8) is 0 Å². The summed E-state index contributed by atoms with van der Waals surface area (Å²) in [6.45, 7) is 0. The zero-order valence-corrected chi connectivity index (χ0v) is 11.0. The average molecular weight is 275 g/mol. The number of hydrogen-bond donors (Lipinski definition) is 0. The van der Waals surface area contributed by atoms with Gasteiger partial charge in [0.2, 0.25) is 0 Å². The van der Waals surface area contributed by atoms with E-state index in [1.165, 1.54) is 6.07 Å². The third kappa shape index (κ3) is 2.06. The zero-order chi connectivity index (χ0) is 13.5.